The number of aromatic nitrogens is 1. The molecule has 3 N–H and O–H groups in total. The Kier molecular flexibility index (Phi) is 4.40. The molecule has 0 unspecified atom stereocenters. The van der Waals surface area contributed by atoms with Crippen LogP contribution in [0.5, 0.6) is 0 Å². The fraction of sp³-hybridized carbons (Fsp3) is 0.267. The van der Waals surface area contributed by atoms with Gasteiger partial charge in [-0.25, -0.2) is 4.39 Å². The Morgan fingerprint density at radius 2 is 2.20 bits per heavy atom. The standard InChI is InChI=1S/C15H18FN3O/c1-2-19-10-13(17)9-14(19)15(20)18-7-6-11-4-3-5-12(16)8-11/h3-5,8-10H,2,6-7,17H2,1H3,(H,18,20). The normalized spacial score (nSPS) is 10.5. The number of anilines is 1. The summed E-state index contributed by atoms with van der Waals surface area (Å²) < 4.78 is 14.8. The molecule has 20 heavy (non-hydrogen) atoms. The molecule has 106 valence electrons. The van der Waals surface area contributed by atoms with Crippen molar-refractivity contribution in [3.05, 3.63) is 53.6 Å². The summed E-state index contributed by atoms with van der Waals surface area (Å²) in [6.45, 7) is 3.09. The van der Waals surface area contributed by atoms with E-state index in [2.05, 4.69) is 5.32 Å². The molecular weight excluding hydrogens is 257 g/mol. The van der Waals surface area contributed by atoms with Crippen molar-refractivity contribution in [2.75, 3.05) is 12.3 Å². The molecule has 0 aliphatic carbocycles. The van der Waals surface area contributed by atoms with Crippen LogP contribution in [0.3, 0.4) is 0 Å². The molecule has 4 nitrogen and oxygen atoms in total. The van der Waals surface area contributed by atoms with E-state index in [0.29, 0.717) is 30.9 Å². The quantitative estimate of drug-likeness (QED) is 0.879. The van der Waals surface area contributed by atoms with Crippen molar-refractivity contribution in [2.45, 2.75) is 19.9 Å². The number of benzene rings is 1. The maximum absolute atomic E-state index is 13.0. The van der Waals surface area contributed by atoms with Gasteiger partial charge in [-0.15, -0.1) is 0 Å². The lowest BCUT2D eigenvalue weighted by molar-refractivity contribution is 0.0945. The van der Waals surface area contributed by atoms with E-state index in [-0.39, 0.29) is 11.7 Å². The van der Waals surface area contributed by atoms with Crippen molar-refractivity contribution in [3.63, 3.8) is 0 Å². The van der Waals surface area contributed by atoms with Gasteiger partial charge in [0.1, 0.15) is 11.5 Å². The van der Waals surface area contributed by atoms with Gasteiger partial charge >= 0.3 is 0 Å². The van der Waals surface area contributed by atoms with Crippen LogP contribution in [-0.2, 0) is 13.0 Å². The number of hydrogen-bond donors (Lipinski definition) is 2. The van der Waals surface area contributed by atoms with Gasteiger partial charge in [0.15, 0.2) is 0 Å². The lowest BCUT2D eigenvalue weighted by Gasteiger charge is -2.07. The summed E-state index contributed by atoms with van der Waals surface area (Å²) in [4.78, 5) is 12.0. The SMILES string of the molecule is CCn1cc(N)cc1C(=O)NCCc1cccc(F)c1. The van der Waals surface area contributed by atoms with Crippen LogP contribution in [0.4, 0.5) is 10.1 Å². The van der Waals surface area contributed by atoms with Crippen LogP contribution < -0.4 is 11.1 Å². The second-order valence-corrected chi connectivity index (χ2v) is 4.58. The molecule has 0 bridgehead atoms. The topological polar surface area (TPSA) is 60.0 Å². The Morgan fingerprint density at radius 1 is 1.40 bits per heavy atom. The monoisotopic (exact) mass is 275 g/mol. The molecule has 0 aliphatic rings. The van der Waals surface area contributed by atoms with Gasteiger partial charge in [-0.05, 0) is 37.1 Å². The third-order valence-corrected chi connectivity index (χ3v) is 3.08. The van der Waals surface area contributed by atoms with Crippen LogP contribution in [-0.4, -0.2) is 17.0 Å². The summed E-state index contributed by atoms with van der Waals surface area (Å²) in [5, 5.41) is 2.82. The molecular formula is C15H18FN3O. The highest BCUT2D eigenvalue weighted by molar-refractivity contribution is 5.93. The zero-order valence-corrected chi connectivity index (χ0v) is 11.4. The number of nitrogens with zero attached hydrogens (tertiary/aromatic N) is 1. The molecule has 5 heteroatoms. The van der Waals surface area contributed by atoms with E-state index in [4.69, 9.17) is 5.73 Å². The smallest absolute Gasteiger partial charge is 0.267 e. The minimum absolute atomic E-state index is 0.167. The summed E-state index contributed by atoms with van der Waals surface area (Å²) in [5.74, 6) is -0.429. The third kappa shape index (κ3) is 3.38. The predicted octanol–water partition coefficient (Wildman–Crippen LogP) is 2.20. The fourth-order valence-electron chi connectivity index (χ4n) is 2.09. The predicted molar refractivity (Wildman–Crippen MR) is 77.0 cm³/mol. The van der Waals surface area contributed by atoms with Crippen LogP contribution in [0.15, 0.2) is 36.5 Å². The van der Waals surface area contributed by atoms with E-state index < -0.39 is 0 Å². The van der Waals surface area contributed by atoms with Gasteiger partial charge in [0.2, 0.25) is 0 Å². The Bertz CT molecular complexity index is 607. The summed E-state index contributed by atoms with van der Waals surface area (Å²) in [7, 11) is 0. The van der Waals surface area contributed by atoms with Crippen molar-refractivity contribution >= 4 is 11.6 Å². The molecule has 0 saturated carbocycles. The van der Waals surface area contributed by atoms with Gasteiger partial charge in [0, 0.05) is 19.3 Å². The number of aryl methyl sites for hydroxylation is 1. The van der Waals surface area contributed by atoms with E-state index in [0.717, 1.165) is 5.56 Å². The number of carbonyl (C=O) groups is 1. The van der Waals surface area contributed by atoms with Gasteiger partial charge < -0.3 is 15.6 Å². The average molecular weight is 275 g/mol. The Labute approximate surface area is 117 Å². The number of hydrogen-bond acceptors (Lipinski definition) is 2. The van der Waals surface area contributed by atoms with Crippen molar-refractivity contribution in [1.29, 1.82) is 0 Å². The first-order valence-electron chi connectivity index (χ1n) is 6.58. The van der Waals surface area contributed by atoms with E-state index >= 15 is 0 Å². The number of amides is 1. The zero-order valence-electron chi connectivity index (χ0n) is 11.4. The molecule has 0 atom stereocenters. The zero-order chi connectivity index (χ0) is 14.5. The maximum Gasteiger partial charge on any atom is 0.267 e. The second kappa shape index (κ2) is 6.23. The van der Waals surface area contributed by atoms with Crippen molar-refractivity contribution in [1.82, 2.24) is 9.88 Å². The van der Waals surface area contributed by atoms with Crippen molar-refractivity contribution in [3.8, 4) is 0 Å². The van der Waals surface area contributed by atoms with Crippen LogP contribution in [0.25, 0.3) is 0 Å². The number of carbonyl (C=O) groups excluding carboxylic acids is 1. The Morgan fingerprint density at radius 3 is 2.90 bits per heavy atom. The molecule has 0 radical (unpaired) electrons. The first kappa shape index (κ1) is 14.1. The average Bonchev–Trinajstić information content (AvgIpc) is 2.80. The van der Waals surface area contributed by atoms with Gasteiger partial charge in [0.05, 0.1) is 5.69 Å². The summed E-state index contributed by atoms with van der Waals surface area (Å²) in [5.41, 5.74) is 7.66. The molecule has 2 rings (SSSR count). The van der Waals surface area contributed by atoms with Gasteiger partial charge in [0.25, 0.3) is 5.91 Å². The fourth-order valence-corrected chi connectivity index (χ4v) is 2.09. The summed E-state index contributed by atoms with van der Waals surface area (Å²) in [6.07, 6.45) is 2.33. The highest BCUT2D eigenvalue weighted by Crippen LogP contribution is 2.10. The molecule has 1 aromatic carbocycles. The van der Waals surface area contributed by atoms with E-state index in [1.165, 1.54) is 12.1 Å². The van der Waals surface area contributed by atoms with E-state index in [1.54, 1.807) is 22.9 Å². The molecule has 1 heterocycles. The number of nitrogen functional groups attached to an aromatic ring is 1. The highest BCUT2D eigenvalue weighted by atomic mass is 19.1. The first-order valence-corrected chi connectivity index (χ1v) is 6.58. The largest absolute Gasteiger partial charge is 0.397 e. The highest BCUT2D eigenvalue weighted by Gasteiger charge is 2.11. The van der Waals surface area contributed by atoms with Crippen molar-refractivity contribution in [2.24, 2.45) is 0 Å². The molecule has 0 spiro atoms. The van der Waals surface area contributed by atoms with Crippen LogP contribution >= 0.6 is 0 Å². The second-order valence-electron chi connectivity index (χ2n) is 4.58. The van der Waals surface area contributed by atoms with E-state index in [1.807, 2.05) is 13.0 Å². The van der Waals surface area contributed by atoms with Gasteiger partial charge in [-0.1, -0.05) is 12.1 Å². The van der Waals surface area contributed by atoms with Gasteiger partial charge in [-0.3, -0.25) is 4.79 Å². The van der Waals surface area contributed by atoms with Crippen LogP contribution in [0.2, 0.25) is 0 Å². The Balaban J connectivity index is 1.92. The van der Waals surface area contributed by atoms with Gasteiger partial charge in [-0.2, -0.15) is 0 Å². The summed E-state index contributed by atoms with van der Waals surface area (Å²) in [6, 6.07) is 8.02. The number of nitrogens with one attached hydrogen (secondary N) is 1. The third-order valence-electron chi connectivity index (χ3n) is 3.08. The van der Waals surface area contributed by atoms with Crippen molar-refractivity contribution < 1.29 is 9.18 Å². The first-order chi connectivity index (χ1) is 9.60. The number of nitrogens with two attached hydrogens (primary N) is 1. The minimum atomic E-state index is -0.263. The molecule has 1 amide bonds. The molecule has 2 aromatic rings. The lowest BCUT2D eigenvalue weighted by Crippen LogP contribution is -2.27. The lowest BCUT2D eigenvalue weighted by atomic mass is 10.1. The molecule has 0 aliphatic heterocycles. The molecule has 1 aromatic heterocycles. The molecule has 0 fully saturated rings. The van der Waals surface area contributed by atoms with E-state index in [9.17, 15) is 9.18 Å². The maximum atomic E-state index is 13.0. The minimum Gasteiger partial charge on any atom is -0.397 e. The van der Waals surface area contributed by atoms with Crippen LogP contribution in [0.1, 0.15) is 23.0 Å². The molecule has 0 saturated heterocycles. The Hall–Kier alpha value is -2.30. The van der Waals surface area contributed by atoms with Crippen LogP contribution in [0, 0.1) is 5.82 Å². The number of halogens is 1. The summed E-state index contributed by atoms with van der Waals surface area (Å²) >= 11 is 0. The number of rotatable bonds is 5.